The zero-order chi connectivity index (χ0) is 15.3. The summed E-state index contributed by atoms with van der Waals surface area (Å²) in [6.07, 6.45) is 7.61. The number of hydrogen-bond donors (Lipinski definition) is 0. The molecule has 0 aliphatic heterocycles. The van der Waals surface area contributed by atoms with Gasteiger partial charge in [-0.1, -0.05) is 67.5 Å². The molecule has 0 amide bonds. The topological polar surface area (TPSA) is 0 Å². The minimum absolute atomic E-state index is 1.21. The fourth-order valence-electron chi connectivity index (χ4n) is 2.61. The number of benzene rings is 1. The normalized spacial score (nSPS) is 16.1. The predicted molar refractivity (Wildman–Crippen MR) is 96.7 cm³/mol. The van der Waals surface area contributed by atoms with Crippen molar-refractivity contribution in [1.82, 2.24) is 0 Å². The molecule has 0 aromatic heterocycles. The molecule has 0 unspecified atom stereocenters. The SMILES string of the molecule is C/C(C=C1CCCC1)=C(\C#C[Si](C)(C)C)c1ccccc1. The Bertz CT molecular complexity index is 593. The summed E-state index contributed by atoms with van der Waals surface area (Å²) in [6, 6.07) is 10.6. The van der Waals surface area contributed by atoms with E-state index in [-0.39, 0.29) is 0 Å². The van der Waals surface area contributed by atoms with Crippen molar-refractivity contribution in [3.63, 3.8) is 0 Å². The highest BCUT2D eigenvalue weighted by Gasteiger charge is 2.10. The summed E-state index contributed by atoms with van der Waals surface area (Å²) in [5.74, 6) is 3.50. The number of rotatable bonds is 2. The molecule has 0 radical (unpaired) electrons. The van der Waals surface area contributed by atoms with Crippen molar-refractivity contribution in [2.45, 2.75) is 52.2 Å². The maximum absolute atomic E-state index is 3.53. The monoisotopic (exact) mass is 294 g/mol. The van der Waals surface area contributed by atoms with Crippen molar-refractivity contribution in [2.75, 3.05) is 0 Å². The van der Waals surface area contributed by atoms with Gasteiger partial charge in [0, 0.05) is 5.57 Å². The third-order valence-corrected chi connectivity index (χ3v) is 4.56. The van der Waals surface area contributed by atoms with E-state index in [1.807, 2.05) is 0 Å². The minimum Gasteiger partial charge on any atom is -0.127 e. The van der Waals surface area contributed by atoms with Gasteiger partial charge in [0.05, 0.1) is 0 Å². The van der Waals surface area contributed by atoms with Gasteiger partial charge in [-0.2, -0.15) is 0 Å². The third-order valence-electron chi connectivity index (χ3n) is 3.69. The van der Waals surface area contributed by atoms with Crippen molar-refractivity contribution in [2.24, 2.45) is 0 Å². The maximum Gasteiger partial charge on any atom is 0.129 e. The lowest BCUT2D eigenvalue weighted by Crippen LogP contribution is -2.16. The van der Waals surface area contributed by atoms with E-state index in [0.29, 0.717) is 0 Å². The Hall–Kier alpha value is -1.52. The van der Waals surface area contributed by atoms with E-state index < -0.39 is 8.07 Å². The van der Waals surface area contributed by atoms with Crippen LogP contribution in [0.3, 0.4) is 0 Å². The summed E-state index contributed by atoms with van der Waals surface area (Å²) < 4.78 is 0. The standard InChI is InChI=1S/C20H26Si/c1-17(16-18-10-8-9-11-18)20(14-15-21(2,3)4)19-12-6-5-7-13-19/h5-7,12-13,16H,8-11H2,1-4H3/b20-17-. The van der Waals surface area contributed by atoms with Crippen LogP contribution in [0.5, 0.6) is 0 Å². The molecular weight excluding hydrogens is 268 g/mol. The molecule has 1 aromatic carbocycles. The van der Waals surface area contributed by atoms with Crippen LogP contribution in [-0.2, 0) is 0 Å². The van der Waals surface area contributed by atoms with E-state index in [1.165, 1.54) is 42.4 Å². The molecule has 21 heavy (non-hydrogen) atoms. The van der Waals surface area contributed by atoms with Crippen LogP contribution in [0.4, 0.5) is 0 Å². The summed E-state index contributed by atoms with van der Waals surface area (Å²) in [6.45, 7) is 9.11. The van der Waals surface area contributed by atoms with E-state index in [9.17, 15) is 0 Å². The number of hydrogen-bond acceptors (Lipinski definition) is 0. The van der Waals surface area contributed by atoms with Gasteiger partial charge in [-0.05, 0) is 43.7 Å². The van der Waals surface area contributed by atoms with Crippen molar-refractivity contribution in [3.8, 4) is 11.5 Å². The summed E-state index contributed by atoms with van der Waals surface area (Å²) in [5, 5.41) is 0. The second kappa shape index (κ2) is 6.96. The highest BCUT2D eigenvalue weighted by Crippen LogP contribution is 2.27. The van der Waals surface area contributed by atoms with Crippen molar-refractivity contribution in [3.05, 3.63) is 53.1 Å². The average Bonchev–Trinajstić information content (AvgIpc) is 2.91. The lowest BCUT2D eigenvalue weighted by Gasteiger charge is -2.08. The molecule has 0 spiro atoms. The van der Waals surface area contributed by atoms with Crippen LogP contribution in [0.2, 0.25) is 19.6 Å². The molecule has 1 saturated carbocycles. The van der Waals surface area contributed by atoms with Gasteiger partial charge >= 0.3 is 0 Å². The second-order valence-electron chi connectivity index (χ2n) is 6.93. The summed E-state index contributed by atoms with van der Waals surface area (Å²) >= 11 is 0. The van der Waals surface area contributed by atoms with Crippen LogP contribution < -0.4 is 0 Å². The second-order valence-corrected chi connectivity index (χ2v) is 11.7. The van der Waals surface area contributed by atoms with Gasteiger partial charge in [-0.25, -0.2) is 0 Å². The molecule has 2 rings (SSSR count). The van der Waals surface area contributed by atoms with Crippen molar-refractivity contribution in [1.29, 1.82) is 0 Å². The van der Waals surface area contributed by atoms with Gasteiger partial charge in [0.1, 0.15) is 8.07 Å². The van der Waals surface area contributed by atoms with Gasteiger partial charge in [0.2, 0.25) is 0 Å². The lowest BCUT2D eigenvalue weighted by atomic mass is 9.99. The van der Waals surface area contributed by atoms with Gasteiger partial charge in [-0.15, -0.1) is 5.54 Å². The largest absolute Gasteiger partial charge is 0.129 e. The fraction of sp³-hybridized carbons (Fsp3) is 0.400. The first kappa shape index (κ1) is 15.9. The molecule has 110 valence electrons. The van der Waals surface area contributed by atoms with E-state index in [2.05, 4.69) is 74.4 Å². The fourth-order valence-corrected chi connectivity index (χ4v) is 3.11. The molecule has 0 heterocycles. The van der Waals surface area contributed by atoms with Crippen LogP contribution >= 0.6 is 0 Å². The minimum atomic E-state index is -1.36. The van der Waals surface area contributed by atoms with Crippen molar-refractivity contribution >= 4 is 13.6 Å². The number of allylic oxidation sites excluding steroid dienone is 4. The highest BCUT2D eigenvalue weighted by molar-refractivity contribution is 6.84. The quantitative estimate of drug-likeness (QED) is 0.475. The van der Waals surface area contributed by atoms with Crippen LogP contribution in [0.1, 0.15) is 38.2 Å². The Kier molecular flexibility index (Phi) is 5.26. The molecular formula is C20H26Si. The zero-order valence-corrected chi connectivity index (χ0v) is 14.8. The van der Waals surface area contributed by atoms with Gasteiger partial charge in [0.25, 0.3) is 0 Å². The first-order valence-electron chi connectivity index (χ1n) is 7.95. The first-order valence-corrected chi connectivity index (χ1v) is 11.4. The maximum atomic E-state index is 3.53. The molecule has 0 N–H and O–H groups in total. The smallest absolute Gasteiger partial charge is 0.127 e. The van der Waals surface area contributed by atoms with Gasteiger partial charge < -0.3 is 0 Å². The highest BCUT2D eigenvalue weighted by atomic mass is 28.3. The Morgan fingerprint density at radius 1 is 1.05 bits per heavy atom. The Balaban J connectivity index is 2.44. The van der Waals surface area contributed by atoms with Crippen LogP contribution in [0.15, 0.2) is 47.6 Å². The molecule has 1 aliphatic rings. The van der Waals surface area contributed by atoms with E-state index in [1.54, 1.807) is 5.57 Å². The summed E-state index contributed by atoms with van der Waals surface area (Å²) in [5.41, 5.74) is 8.90. The Morgan fingerprint density at radius 2 is 1.67 bits per heavy atom. The summed E-state index contributed by atoms with van der Waals surface area (Å²) in [4.78, 5) is 0. The van der Waals surface area contributed by atoms with Gasteiger partial charge in [0.15, 0.2) is 0 Å². The Morgan fingerprint density at radius 3 is 2.24 bits per heavy atom. The van der Waals surface area contributed by atoms with E-state index in [0.717, 1.165) is 0 Å². The molecule has 1 aliphatic carbocycles. The average molecular weight is 295 g/mol. The predicted octanol–water partition coefficient (Wildman–Crippen LogP) is 5.84. The van der Waals surface area contributed by atoms with E-state index in [4.69, 9.17) is 0 Å². The molecule has 1 fully saturated rings. The third kappa shape index (κ3) is 5.06. The molecule has 1 heteroatoms. The van der Waals surface area contributed by atoms with E-state index >= 15 is 0 Å². The molecule has 0 nitrogen and oxygen atoms in total. The molecule has 0 bridgehead atoms. The summed E-state index contributed by atoms with van der Waals surface area (Å²) in [7, 11) is -1.36. The lowest BCUT2D eigenvalue weighted by molar-refractivity contribution is 0.886. The van der Waals surface area contributed by atoms with Crippen LogP contribution in [0.25, 0.3) is 5.57 Å². The Labute approximate surface area is 131 Å². The van der Waals surface area contributed by atoms with Crippen molar-refractivity contribution < 1.29 is 0 Å². The zero-order valence-electron chi connectivity index (χ0n) is 13.8. The molecule has 0 saturated heterocycles. The van der Waals surface area contributed by atoms with Crippen LogP contribution in [-0.4, -0.2) is 8.07 Å². The van der Waals surface area contributed by atoms with Crippen LogP contribution in [0, 0.1) is 11.5 Å². The molecule has 1 aromatic rings. The first-order chi connectivity index (χ1) is 9.96. The van der Waals surface area contributed by atoms with Gasteiger partial charge in [-0.3, -0.25) is 0 Å². The molecule has 0 atom stereocenters.